The summed E-state index contributed by atoms with van der Waals surface area (Å²) in [7, 11) is 0. The quantitative estimate of drug-likeness (QED) is 0.898. The molecule has 0 spiro atoms. The molecule has 0 aliphatic carbocycles. The van der Waals surface area contributed by atoms with Crippen LogP contribution in [0.1, 0.15) is 23.2 Å². The minimum atomic E-state index is -4.15. The van der Waals surface area contributed by atoms with Crippen molar-refractivity contribution in [2.24, 2.45) is 0 Å². The van der Waals surface area contributed by atoms with Crippen LogP contribution >= 0.6 is 0 Å². The molecule has 0 radical (unpaired) electrons. The van der Waals surface area contributed by atoms with Gasteiger partial charge < -0.3 is 10.4 Å². The van der Waals surface area contributed by atoms with Crippen molar-refractivity contribution < 1.29 is 23.1 Å². The van der Waals surface area contributed by atoms with Gasteiger partial charge in [0.15, 0.2) is 0 Å². The van der Waals surface area contributed by atoms with Gasteiger partial charge in [0.1, 0.15) is 0 Å². The maximum atomic E-state index is 12.3. The highest BCUT2D eigenvalue weighted by Crippen LogP contribution is 2.21. The maximum absolute atomic E-state index is 12.3. The van der Waals surface area contributed by atoms with E-state index in [0.29, 0.717) is 25.9 Å². The van der Waals surface area contributed by atoms with Gasteiger partial charge in [0.25, 0.3) is 0 Å². The lowest BCUT2D eigenvalue weighted by Crippen LogP contribution is -2.43. The summed E-state index contributed by atoms with van der Waals surface area (Å²) in [5.74, 6) is -0.984. The van der Waals surface area contributed by atoms with Crippen LogP contribution < -0.4 is 5.32 Å². The number of nitrogens with one attached hydrogen (secondary N) is 1. The third-order valence-corrected chi connectivity index (χ3v) is 3.49. The Balaban J connectivity index is 1.82. The van der Waals surface area contributed by atoms with Crippen molar-refractivity contribution in [2.75, 3.05) is 25.0 Å². The van der Waals surface area contributed by atoms with Gasteiger partial charge in [0, 0.05) is 24.8 Å². The van der Waals surface area contributed by atoms with Gasteiger partial charge in [-0.1, -0.05) is 0 Å². The first-order valence-electron chi connectivity index (χ1n) is 6.72. The number of alkyl halides is 3. The summed E-state index contributed by atoms with van der Waals surface area (Å²) in [4.78, 5) is 12.1. The van der Waals surface area contributed by atoms with Crippen molar-refractivity contribution in [3.05, 3.63) is 29.8 Å². The van der Waals surface area contributed by atoms with E-state index < -0.39 is 18.7 Å². The number of rotatable bonds is 4. The second-order valence-electron chi connectivity index (χ2n) is 5.19. The molecule has 2 rings (SSSR count). The Bertz CT molecular complexity index is 480. The summed E-state index contributed by atoms with van der Waals surface area (Å²) in [6, 6.07) is 6.47. The molecule has 1 saturated heterocycles. The number of benzene rings is 1. The lowest BCUT2D eigenvalue weighted by atomic mass is 10.0. The van der Waals surface area contributed by atoms with Gasteiger partial charge in [0.05, 0.1) is 12.1 Å². The first-order chi connectivity index (χ1) is 9.83. The number of hydrogen-bond acceptors (Lipinski definition) is 3. The molecule has 0 aromatic heterocycles. The third-order valence-electron chi connectivity index (χ3n) is 3.49. The van der Waals surface area contributed by atoms with Gasteiger partial charge in [-0.15, -0.1) is 0 Å². The molecule has 1 aromatic carbocycles. The Hall–Kier alpha value is -1.76. The fourth-order valence-electron chi connectivity index (χ4n) is 2.43. The molecule has 4 nitrogen and oxygen atoms in total. The van der Waals surface area contributed by atoms with E-state index in [1.165, 1.54) is 17.0 Å². The van der Waals surface area contributed by atoms with Crippen molar-refractivity contribution in [2.45, 2.75) is 25.1 Å². The highest BCUT2D eigenvalue weighted by atomic mass is 19.4. The number of carbonyl (C=O) groups is 1. The molecular weight excluding hydrogens is 285 g/mol. The molecule has 0 bridgehead atoms. The van der Waals surface area contributed by atoms with Gasteiger partial charge in [0.2, 0.25) is 0 Å². The summed E-state index contributed by atoms with van der Waals surface area (Å²) in [6.45, 7) is -0.0399. The van der Waals surface area contributed by atoms with Crippen molar-refractivity contribution >= 4 is 11.7 Å². The zero-order valence-corrected chi connectivity index (χ0v) is 11.4. The standard InChI is InChI=1S/C14H17F3N2O2/c15-14(16,17)9-19-7-5-12(6-8-19)18-11-3-1-10(2-4-11)13(20)21/h1-4,12,18H,5-9H2,(H,20,21). The number of carboxylic acids is 1. The number of nitrogens with zero attached hydrogens (tertiary/aromatic N) is 1. The van der Waals surface area contributed by atoms with Gasteiger partial charge >= 0.3 is 12.1 Å². The molecular formula is C14H17F3N2O2. The Morgan fingerprint density at radius 2 is 1.81 bits per heavy atom. The van der Waals surface area contributed by atoms with Crippen molar-refractivity contribution in [3.63, 3.8) is 0 Å². The van der Waals surface area contributed by atoms with E-state index in [9.17, 15) is 18.0 Å². The Morgan fingerprint density at radius 1 is 1.24 bits per heavy atom. The van der Waals surface area contributed by atoms with Gasteiger partial charge in [-0.3, -0.25) is 4.90 Å². The molecule has 0 atom stereocenters. The molecule has 1 aliphatic rings. The largest absolute Gasteiger partial charge is 0.478 e. The van der Waals surface area contributed by atoms with Crippen LogP contribution in [0.3, 0.4) is 0 Å². The third kappa shape index (κ3) is 4.93. The zero-order chi connectivity index (χ0) is 15.5. The summed E-state index contributed by atoms with van der Waals surface area (Å²) in [5, 5.41) is 12.0. The number of aromatic carboxylic acids is 1. The monoisotopic (exact) mass is 302 g/mol. The van der Waals surface area contributed by atoms with E-state index >= 15 is 0 Å². The molecule has 1 aromatic rings. The Morgan fingerprint density at radius 3 is 2.29 bits per heavy atom. The molecule has 1 fully saturated rings. The van der Waals surface area contributed by atoms with Crippen LogP contribution in [0.25, 0.3) is 0 Å². The van der Waals surface area contributed by atoms with Crippen LogP contribution in [0, 0.1) is 0 Å². The molecule has 0 amide bonds. The Kier molecular flexibility index (Phi) is 4.72. The van der Waals surface area contributed by atoms with Crippen molar-refractivity contribution in [3.8, 4) is 0 Å². The second kappa shape index (κ2) is 6.34. The molecule has 0 saturated carbocycles. The van der Waals surface area contributed by atoms with Crippen molar-refractivity contribution in [1.82, 2.24) is 4.90 Å². The van der Waals surface area contributed by atoms with E-state index in [0.717, 1.165) is 5.69 Å². The van der Waals surface area contributed by atoms with Crippen LogP contribution in [0.15, 0.2) is 24.3 Å². The lowest BCUT2D eigenvalue weighted by Gasteiger charge is -2.33. The number of likely N-dealkylation sites (tertiary alicyclic amines) is 1. The zero-order valence-electron chi connectivity index (χ0n) is 11.4. The van der Waals surface area contributed by atoms with E-state index in [-0.39, 0.29) is 11.6 Å². The minimum Gasteiger partial charge on any atom is -0.478 e. The first kappa shape index (κ1) is 15.6. The summed E-state index contributed by atoms with van der Waals surface area (Å²) < 4.78 is 36.8. The number of carboxylic acid groups (broad SMARTS) is 1. The van der Waals surface area contributed by atoms with Crippen LogP contribution in [0.5, 0.6) is 0 Å². The van der Waals surface area contributed by atoms with Crippen LogP contribution in [-0.4, -0.2) is 47.8 Å². The average Bonchev–Trinajstić information content (AvgIpc) is 2.40. The predicted molar refractivity (Wildman–Crippen MR) is 72.5 cm³/mol. The van der Waals surface area contributed by atoms with E-state index in [4.69, 9.17) is 5.11 Å². The maximum Gasteiger partial charge on any atom is 0.401 e. The number of anilines is 1. The number of piperidine rings is 1. The topological polar surface area (TPSA) is 52.6 Å². The summed E-state index contributed by atoms with van der Waals surface area (Å²) >= 11 is 0. The number of hydrogen-bond donors (Lipinski definition) is 2. The lowest BCUT2D eigenvalue weighted by molar-refractivity contribution is -0.147. The van der Waals surface area contributed by atoms with Crippen LogP contribution in [0.4, 0.5) is 18.9 Å². The van der Waals surface area contributed by atoms with E-state index in [1.807, 2.05) is 0 Å². The second-order valence-corrected chi connectivity index (χ2v) is 5.19. The van der Waals surface area contributed by atoms with Crippen LogP contribution in [-0.2, 0) is 0 Å². The molecule has 0 unspecified atom stereocenters. The van der Waals surface area contributed by atoms with Crippen molar-refractivity contribution in [1.29, 1.82) is 0 Å². The highest BCUT2D eigenvalue weighted by Gasteiger charge is 2.32. The minimum absolute atomic E-state index is 0.116. The van der Waals surface area contributed by atoms with Gasteiger partial charge in [-0.25, -0.2) is 4.79 Å². The summed E-state index contributed by atoms with van der Waals surface area (Å²) in [6.07, 6.45) is -2.87. The van der Waals surface area contributed by atoms with E-state index in [2.05, 4.69) is 5.32 Å². The summed E-state index contributed by atoms with van der Waals surface area (Å²) in [5.41, 5.74) is 0.995. The fourth-order valence-corrected chi connectivity index (χ4v) is 2.43. The normalized spacial score (nSPS) is 17.7. The molecule has 7 heteroatoms. The first-order valence-corrected chi connectivity index (χ1v) is 6.72. The Labute approximate surface area is 120 Å². The number of halogens is 3. The predicted octanol–water partition coefficient (Wildman–Crippen LogP) is 2.82. The fraction of sp³-hybridized carbons (Fsp3) is 0.500. The van der Waals surface area contributed by atoms with Crippen LogP contribution in [0.2, 0.25) is 0 Å². The van der Waals surface area contributed by atoms with Gasteiger partial charge in [-0.2, -0.15) is 13.2 Å². The SMILES string of the molecule is O=C(O)c1ccc(NC2CCN(CC(F)(F)F)CC2)cc1. The molecule has 1 aliphatic heterocycles. The highest BCUT2D eigenvalue weighted by molar-refractivity contribution is 5.87. The van der Waals surface area contributed by atoms with Gasteiger partial charge in [-0.05, 0) is 37.1 Å². The molecule has 2 N–H and O–H groups in total. The molecule has 1 heterocycles. The molecule has 21 heavy (non-hydrogen) atoms. The van der Waals surface area contributed by atoms with E-state index in [1.54, 1.807) is 12.1 Å². The smallest absolute Gasteiger partial charge is 0.401 e. The molecule has 116 valence electrons. The average molecular weight is 302 g/mol.